The quantitative estimate of drug-likeness (QED) is 0.401. The van der Waals surface area contributed by atoms with Crippen molar-refractivity contribution in [2.45, 2.75) is 38.1 Å². The first-order chi connectivity index (χ1) is 13.2. The van der Waals surface area contributed by atoms with Gasteiger partial charge in [0.2, 0.25) is 0 Å². The average molecular weight is 396 g/mol. The molecule has 0 amide bonds. The lowest BCUT2D eigenvalue weighted by Gasteiger charge is -2.26. The Hall–Kier alpha value is -2.24. The second kappa shape index (κ2) is 6.73. The summed E-state index contributed by atoms with van der Waals surface area (Å²) in [6.45, 7) is 0. The van der Waals surface area contributed by atoms with E-state index >= 15 is 0 Å². The minimum atomic E-state index is -0.0472. The number of benzene rings is 1. The molecule has 0 unspecified atom stereocenters. The molecule has 1 aliphatic carbocycles. The molecule has 0 radical (unpaired) electrons. The van der Waals surface area contributed by atoms with Gasteiger partial charge in [-0.1, -0.05) is 43.0 Å². The average Bonchev–Trinajstić information content (AvgIpc) is 3.23. The summed E-state index contributed by atoms with van der Waals surface area (Å²) < 4.78 is 1.91. The molecular formula is C21H18ClN3OS. The molecule has 1 saturated carbocycles. The zero-order chi connectivity index (χ0) is 18.4. The lowest BCUT2D eigenvalue weighted by Crippen LogP contribution is -2.29. The van der Waals surface area contributed by atoms with E-state index in [1.54, 1.807) is 17.5 Å². The highest BCUT2D eigenvalue weighted by Crippen LogP contribution is 2.36. The highest BCUT2D eigenvalue weighted by atomic mass is 35.5. The molecule has 1 aliphatic rings. The molecule has 1 aromatic carbocycles. The summed E-state index contributed by atoms with van der Waals surface area (Å²) in [6.07, 6.45) is 7.23. The fourth-order valence-electron chi connectivity index (χ4n) is 4.12. The Morgan fingerprint density at radius 1 is 1.15 bits per heavy atom. The molecular weight excluding hydrogens is 378 g/mol. The van der Waals surface area contributed by atoms with Crippen molar-refractivity contribution in [1.82, 2.24) is 14.5 Å². The summed E-state index contributed by atoms with van der Waals surface area (Å²) in [5.74, 6) is 0. The minimum Gasteiger partial charge on any atom is -0.300 e. The Labute approximate surface area is 165 Å². The Bertz CT molecular complexity index is 1190. The van der Waals surface area contributed by atoms with Crippen molar-refractivity contribution < 1.29 is 0 Å². The van der Waals surface area contributed by atoms with E-state index in [2.05, 4.69) is 4.98 Å². The van der Waals surface area contributed by atoms with Crippen LogP contribution in [0.1, 0.15) is 38.1 Å². The summed E-state index contributed by atoms with van der Waals surface area (Å²) in [4.78, 5) is 23.6. The third-order valence-electron chi connectivity index (χ3n) is 5.38. The van der Waals surface area contributed by atoms with E-state index in [4.69, 9.17) is 16.6 Å². The number of halogens is 1. The molecule has 4 aromatic rings. The van der Waals surface area contributed by atoms with Gasteiger partial charge in [0.15, 0.2) is 0 Å². The molecule has 27 heavy (non-hydrogen) atoms. The van der Waals surface area contributed by atoms with E-state index in [0.29, 0.717) is 10.7 Å². The minimum absolute atomic E-state index is 0.0472. The van der Waals surface area contributed by atoms with Gasteiger partial charge in [-0.2, -0.15) is 0 Å². The van der Waals surface area contributed by atoms with Crippen molar-refractivity contribution in [2.24, 2.45) is 0 Å². The van der Waals surface area contributed by atoms with Crippen LogP contribution in [0.2, 0.25) is 5.02 Å². The van der Waals surface area contributed by atoms with Gasteiger partial charge in [-0.15, -0.1) is 11.3 Å². The molecule has 136 valence electrons. The Morgan fingerprint density at radius 3 is 2.78 bits per heavy atom. The third-order valence-corrected chi connectivity index (χ3v) is 6.61. The van der Waals surface area contributed by atoms with Crippen LogP contribution in [0.4, 0.5) is 0 Å². The maximum atomic E-state index is 13.5. The molecule has 0 spiro atoms. The van der Waals surface area contributed by atoms with Gasteiger partial charge in [0.1, 0.15) is 5.69 Å². The second-order valence-corrected chi connectivity index (χ2v) is 8.36. The van der Waals surface area contributed by atoms with E-state index in [0.717, 1.165) is 52.5 Å². The smallest absolute Gasteiger partial charge is 0.278 e. The van der Waals surface area contributed by atoms with Crippen LogP contribution in [-0.2, 0) is 0 Å². The predicted molar refractivity (Wildman–Crippen MR) is 112 cm³/mol. The number of hydrogen-bond acceptors (Lipinski definition) is 4. The van der Waals surface area contributed by atoms with Crippen LogP contribution in [-0.4, -0.2) is 14.5 Å². The summed E-state index contributed by atoms with van der Waals surface area (Å²) in [6, 6.07) is 9.94. The van der Waals surface area contributed by atoms with E-state index in [1.807, 2.05) is 40.3 Å². The molecule has 0 atom stereocenters. The fourth-order valence-corrected chi connectivity index (χ4v) is 5.17. The van der Waals surface area contributed by atoms with Gasteiger partial charge in [-0.3, -0.25) is 9.78 Å². The van der Waals surface area contributed by atoms with Gasteiger partial charge >= 0.3 is 0 Å². The van der Waals surface area contributed by atoms with Gasteiger partial charge in [-0.05, 0) is 36.4 Å². The van der Waals surface area contributed by atoms with Crippen LogP contribution in [0.5, 0.6) is 0 Å². The molecule has 5 rings (SSSR count). The topological polar surface area (TPSA) is 47.8 Å². The molecule has 0 N–H and O–H groups in total. The molecule has 3 heterocycles. The van der Waals surface area contributed by atoms with Gasteiger partial charge in [-0.25, -0.2) is 4.98 Å². The summed E-state index contributed by atoms with van der Waals surface area (Å²) >= 11 is 8.33. The maximum absolute atomic E-state index is 13.5. The molecule has 0 saturated heterocycles. The monoisotopic (exact) mass is 395 g/mol. The van der Waals surface area contributed by atoms with Crippen LogP contribution in [0.25, 0.3) is 32.5 Å². The van der Waals surface area contributed by atoms with Crippen molar-refractivity contribution in [3.05, 3.63) is 57.3 Å². The highest BCUT2D eigenvalue weighted by Gasteiger charge is 2.24. The number of pyridine rings is 1. The van der Waals surface area contributed by atoms with Crippen molar-refractivity contribution in [3.8, 4) is 10.6 Å². The summed E-state index contributed by atoms with van der Waals surface area (Å²) in [7, 11) is 0. The van der Waals surface area contributed by atoms with Gasteiger partial charge < -0.3 is 4.57 Å². The zero-order valence-corrected chi connectivity index (χ0v) is 16.3. The first-order valence-corrected chi connectivity index (χ1v) is 10.5. The molecule has 1 fully saturated rings. The van der Waals surface area contributed by atoms with E-state index in [9.17, 15) is 4.79 Å². The summed E-state index contributed by atoms with van der Waals surface area (Å²) in [5, 5.41) is 3.44. The van der Waals surface area contributed by atoms with E-state index in [-0.39, 0.29) is 11.6 Å². The molecule has 0 bridgehead atoms. The van der Waals surface area contributed by atoms with Crippen LogP contribution in [0.3, 0.4) is 0 Å². The zero-order valence-electron chi connectivity index (χ0n) is 14.7. The van der Waals surface area contributed by atoms with E-state index < -0.39 is 0 Å². The lowest BCUT2D eigenvalue weighted by molar-refractivity contribution is 0.354. The fraction of sp³-hybridized carbons (Fsp3) is 0.286. The van der Waals surface area contributed by atoms with Crippen molar-refractivity contribution in [1.29, 1.82) is 0 Å². The summed E-state index contributed by atoms with van der Waals surface area (Å²) in [5.41, 5.74) is 2.67. The molecule has 3 aromatic heterocycles. The Kier molecular flexibility index (Phi) is 4.21. The highest BCUT2D eigenvalue weighted by molar-refractivity contribution is 7.13. The standard InChI is InChI=1S/C21H18ClN3OS/c22-17-18-13(6-4-10-23-18)12-15-20(17)25(14-7-2-1-3-8-14)21(26)19(24-15)16-9-5-11-27-16/h4-6,9-12,14H,1-3,7-8H2. The number of hydrogen-bond donors (Lipinski definition) is 0. The van der Waals surface area contributed by atoms with Crippen LogP contribution < -0.4 is 5.56 Å². The maximum Gasteiger partial charge on any atom is 0.278 e. The predicted octanol–water partition coefficient (Wildman–Crippen LogP) is 5.83. The van der Waals surface area contributed by atoms with Crippen LogP contribution >= 0.6 is 22.9 Å². The van der Waals surface area contributed by atoms with Gasteiger partial charge in [0.25, 0.3) is 5.56 Å². The SMILES string of the molecule is O=c1c(-c2cccs2)nc2cc3cccnc3c(Cl)c2n1C1CCCCC1. The van der Waals surface area contributed by atoms with Gasteiger partial charge in [0.05, 0.1) is 26.4 Å². The van der Waals surface area contributed by atoms with Crippen molar-refractivity contribution in [3.63, 3.8) is 0 Å². The number of fused-ring (bicyclic) bond motifs is 2. The van der Waals surface area contributed by atoms with Crippen LogP contribution in [0, 0.1) is 0 Å². The van der Waals surface area contributed by atoms with Gasteiger partial charge in [0, 0.05) is 17.6 Å². The third kappa shape index (κ3) is 2.77. The van der Waals surface area contributed by atoms with Crippen molar-refractivity contribution in [2.75, 3.05) is 0 Å². The Morgan fingerprint density at radius 2 is 2.00 bits per heavy atom. The largest absolute Gasteiger partial charge is 0.300 e. The first-order valence-electron chi connectivity index (χ1n) is 9.27. The van der Waals surface area contributed by atoms with Crippen molar-refractivity contribution >= 4 is 44.9 Å². The second-order valence-electron chi connectivity index (χ2n) is 7.04. The first kappa shape index (κ1) is 16.9. The Balaban J connectivity index is 1.91. The molecule has 4 nitrogen and oxygen atoms in total. The van der Waals surface area contributed by atoms with E-state index in [1.165, 1.54) is 6.42 Å². The van der Waals surface area contributed by atoms with Crippen LogP contribution in [0.15, 0.2) is 46.7 Å². The normalized spacial score (nSPS) is 15.6. The molecule has 0 aliphatic heterocycles. The number of aromatic nitrogens is 3. The number of nitrogens with zero attached hydrogens (tertiary/aromatic N) is 3. The number of thiophene rings is 1. The molecule has 6 heteroatoms. The lowest BCUT2D eigenvalue weighted by atomic mass is 9.95. The number of rotatable bonds is 2.